The van der Waals surface area contributed by atoms with Gasteiger partial charge in [0.15, 0.2) is 5.96 Å². The van der Waals surface area contributed by atoms with E-state index in [2.05, 4.69) is 59.7 Å². The van der Waals surface area contributed by atoms with E-state index in [1.807, 2.05) is 37.5 Å². The van der Waals surface area contributed by atoms with Crippen LogP contribution in [0.1, 0.15) is 11.4 Å². The van der Waals surface area contributed by atoms with Gasteiger partial charge in [0.05, 0.1) is 12.2 Å². The van der Waals surface area contributed by atoms with E-state index in [0.29, 0.717) is 6.54 Å². The number of nitrogens with one attached hydrogen (secondary N) is 1. The van der Waals surface area contributed by atoms with E-state index >= 15 is 0 Å². The first kappa shape index (κ1) is 17.3. The molecule has 1 aliphatic rings. The van der Waals surface area contributed by atoms with E-state index in [4.69, 9.17) is 0 Å². The molecule has 3 aromatic rings. The van der Waals surface area contributed by atoms with Gasteiger partial charge in [0.25, 0.3) is 0 Å². The molecule has 7 heteroatoms. The molecule has 0 amide bonds. The lowest BCUT2D eigenvalue weighted by atomic mass is 10.3. The van der Waals surface area contributed by atoms with Crippen LogP contribution in [0.5, 0.6) is 0 Å². The van der Waals surface area contributed by atoms with Crippen LogP contribution in [0.3, 0.4) is 0 Å². The highest BCUT2D eigenvalue weighted by Gasteiger charge is 2.20. The Kier molecular flexibility index (Phi) is 4.91. The predicted octanol–water partition coefficient (Wildman–Crippen LogP) is 1.94. The van der Waals surface area contributed by atoms with E-state index in [0.717, 1.165) is 49.3 Å². The number of rotatable bonds is 3. The predicted molar refractivity (Wildman–Crippen MR) is 108 cm³/mol. The number of imidazole rings is 1. The van der Waals surface area contributed by atoms with Crippen molar-refractivity contribution in [1.82, 2.24) is 24.6 Å². The minimum atomic E-state index is 0.661. The van der Waals surface area contributed by atoms with Crippen LogP contribution in [0.4, 0.5) is 5.82 Å². The van der Waals surface area contributed by atoms with Gasteiger partial charge < -0.3 is 19.5 Å². The van der Waals surface area contributed by atoms with Crippen molar-refractivity contribution in [2.45, 2.75) is 13.5 Å². The summed E-state index contributed by atoms with van der Waals surface area (Å²) in [5, 5.41) is 3.46. The number of hydrogen-bond acceptors (Lipinski definition) is 4. The molecule has 7 nitrogen and oxygen atoms in total. The van der Waals surface area contributed by atoms with E-state index < -0.39 is 0 Å². The Hall–Kier alpha value is -3.09. The van der Waals surface area contributed by atoms with Crippen LogP contribution in [0.25, 0.3) is 5.65 Å². The number of piperazine rings is 1. The lowest BCUT2D eigenvalue weighted by Gasteiger charge is -2.37. The zero-order chi connectivity index (χ0) is 18.6. The summed E-state index contributed by atoms with van der Waals surface area (Å²) >= 11 is 0. The first-order valence-electron chi connectivity index (χ1n) is 9.30. The first-order chi connectivity index (χ1) is 13.2. The average Bonchev–Trinajstić information content (AvgIpc) is 3.14. The average molecular weight is 363 g/mol. The Balaban J connectivity index is 1.36. The summed E-state index contributed by atoms with van der Waals surface area (Å²) in [4.78, 5) is 18.2. The maximum atomic E-state index is 4.69. The molecule has 0 aliphatic carbocycles. The second-order valence-electron chi connectivity index (χ2n) is 6.69. The van der Waals surface area contributed by atoms with Crippen molar-refractivity contribution in [3.8, 4) is 0 Å². The van der Waals surface area contributed by atoms with Crippen LogP contribution < -0.4 is 10.2 Å². The van der Waals surface area contributed by atoms with Crippen molar-refractivity contribution in [3.63, 3.8) is 0 Å². The van der Waals surface area contributed by atoms with Crippen LogP contribution in [-0.4, -0.2) is 58.5 Å². The summed E-state index contributed by atoms with van der Waals surface area (Å²) in [6.07, 6.45) is 3.93. The van der Waals surface area contributed by atoms with E-state index in [-0.39, 0.29) is 0 Å². The summed E-state index contributed by atoms with van der Waals surface area (Å²) in [6.45, 7) is 6.46. The fourth-order valence-corrected chi connectivity index (χ4v) is 3.47. The summed E-state index contributed by atoms with van der Waals surface area (Å²) in [7, 11) is 1.83. The molecule has 27 heavy (non-hydrogen) atoms. The van der Waals surface area contributed by atoms with Gasteiger partial charge in [0, 0.05) is 51.3 Å². The third-order valence-electron chi connectivity index (χ3n) is 4.94. The van der Waals surface area contributed by atoms with Gasteiger partial charge in [-0.25, -0.2) is 9.97 Å². The summed E-state index contributed by atoms with van der Waals surface area (Å²) in [6, 6.07) is 12.2. The van der Waals surface area contributed by atoms with Crippen molar-refractivity contribution in [3.05, 3.63) is 60.2 Å². The number of fused-ring (bicyclic) bond motifs is 1. The molecular formula is C20H25N7. The van der Waals surface area contributed by atoms with E-state index in [1.165, 1.54) is 5.69 Å². The minimum absolute atomic E-state index is 0.661. The standard InChI is InChI=1S/C20H25N7/c1-16-6-5-8-19-24-17(15-27(16)19)14-23-20(21-2)26-12-10-25(11-13-26)18-7-3-4-9-22-18/h3-9,15H,10-14H2,1-2H3,(H,21,23). The normalized spacial score (nSPS) is 15.4. The molecule has 0 atom stereocenters. The summed E-state index contributed by atoms with van der Waals surface area (Å²) < 4.78 is 2.12. The SMILES string of the molecule is CN=C(NCc1cn2c(C)cccc2n1)N1CCN(c2ccccn2)CC1. The van der Waals surface area contributed by atoms with Gasteiger partial charge in [0.2, 0.25) is 0 Å². The van der Waals surface area contributed by atoms with Crippen molar-refractivity contribution in [2.24, 2.45) is 4.99 Å². The highest BCUT2D eigenvalue weighted by molar-refractivity contribution is 5.80. The molecule has 1 aliphatic heterocycles. The molecule has 140 valence electrons. The second-order valence-corrected chi connectivity index (χ2v) is 6.69. The van der Waals surface area contributed by atoms with Gasteiger partial charge in [0.1, 0.15) is 11.5 Å². The van der Waals surface area contributed by atoms with Crippen molar-refractivity contribution >= 4 is 17.4 Å². The fourth-order valence-electron chi connectivity index (χ4n) is 3.47. The molecular weight excluding hydrogens is 338 g/mol. The second kappa shape index (κ2) is 7.65. The molecule has 1 saturated heterocycles. The molecule has 4 heterocycles. The number of aryl methyl sites for hydroxylation is 1. The van der Waals surface area contributed by atoms with Gasteiger partial charge in [-0.3, -0.25) is 4.99 Å². The molecule has 0 spiro atoms. The summed E-state index contributed by atoms with van der Waals surface area (Å²) in [5.41, 5.74) is 3.17. The van der Waals surface area contributed by atoms with Crippen LogP contribution in [-0.2, 0) is 6.54 Å². The number of hydrogen-bond donors (Lipinski definition) is 1. The van der Waals surface area contributed by atoms with Crippen molar-refractivity contribution in [1.29, 1.82) is 0 Å². The van der Waals surface area contributed by atoms with E-state index in [9.17, 15) is 0 Å². The maximum Gasteiger partial charge on any atom is 0.194 e. The number of guanidine groups is 1. The minimum Gasteiger partial charge on any atom is -0.353 e. The zero-order valence-electron chi connectivity index (χ0n) is 15.8. The summed E-state index contributed by atoms with van der Waals surface area (Å²) in [5.74, 6) is 1.96. The van der Waals surface area contributed by atoms with Crippen LogP contribution in [0.15, 0.2) is 53.8 Å². The van der Waals surface area contributed by atoms with Gasteiger partial charge >= 0.3 is 0 Å². The third kappa shape index (κ3) is 3.72. The number of pyridine rings is 2. The van der Waals surface area contributed by atoms with E-state index in [1.54, 1.807) is 0 Å². The topological polar surface area (TPSA) is 61.1 Å². The molecule has 0 unspecified atom stereocenters. The van der Waals surface area contributed by atoms with Gasteiger partial charge in [-0.2, -0.15) is 0 Å². The smallest absolute Gasteiger partial charge is 0.194 e. The molecule has 1 N–H and O–H groups in total. The molecule has 4 rings (SSSR count). The van der Waals surface area contributed by atoms with Crippen LogP contribution in [0.2, 0.25) is 0 Å². The molecule has 1 fully saturated rings. The number of aromatic nitrogens is 3. The van der Waals surface area contributed by atoms with Crippen molar-refractivity contribution in [2.75, 3.05) is 38.1 Å². The molecule has 0 saturated carbocycles. The Morgan fingerprint density at radius 1 is 1.11 bits per heavy atom. The lowest BCUT2D eigenvalue weighted by Crippen LogP contribution is -2.52. The number of aliphatic imine (C=N–C) groups is 1. The molecule has 0 bridgehead atoms. The Bertz CT molecular complexity index is 924. The zero-order valence-corrected chi connectivity index (χ0v) is 15.8. The highest BCUT2D eigenvalue weighted by Crippen LogP contribution is 2.13. The Morgan fingerprint density at radius 3 is 2.67 bits per heavy atom. The quantitative estimate of drug-likeness (QED) is 0.569. The third-order valence-corrected chi connectivity index (χ3v) is 4.94. The number of nitrogens with zero attached hydrogens (tertiary/aromatic N) is 6. The van der Waals surface area contributed by atoms with Crippen molar-refractivity contribution < 1.29 is 0 Å². The van der Waals surface area contributed by atoms with Gasteiger partial charge in [-0.1, -0.05) is 12.1 Å². The molecule has 0 aromatic carbocycles. The largest absolute Gasteiger partial charge is 0.353 e. The first-order valence-corrected chi connectivity index (χ1v) is 9.30. The van der Waals surface area contributed by atoms with Gasteiger partial charge in [-0.05, 0) is 31.2 Å². The monoisotopic (exact) mass is 363 g/mol. The maximum absolute atomic E-state index is 4.69. The Morgan fingerprint density at radius 2 is 1.96 bits per heavy atom. The fraction of sp³-hybridized carbons (Fsp3) is 0.350. The highest BCUT2D eigenvalue weighted by atomic mass is 15.4. The van der Waals surface area contributed by atoms with Gasteiger partial charge in [-0.15, -0.1) is 0 Å². The Labute approximate surface area is 159 Å². The van der Waals surface area contributed by atoms with Crippen LogP contribution >= 0.6 is 0 Å². The van der Waals surface area contributed by atoms with Crippen LogP contribution in [0, 0.1) is 6.92 Å². The molecule has 0 radical (unpaired) electrons. The lowest BCUT2D eigenvalue weighted by molar-refractivity contribution is 0.371. The molecule has 3 aromatic heterocycles. The number of anilines is 1.